The van der Waals surface area contributed by atoms with E-state index in [2.05, 4.69) is 15.4 Å². The molecular weight excluding hydrogens is 692 g/mol. The van der Waals surface area contributed by atoms with Gasteiger partial charge in [0.15, 0.2) is 6.73 Å². The highest BCUT2D eigenvalue weighted by Crippen LogP contribution is 2.45. The highest BCUT2D eigenvalue weighted by molar-refractivity contribution is 5.89. The third-order valence-electron chi connectivity index (χ3n) is 8.04. The van der Waals surface area contributed by atoms with Gasteiger partial charge >= 0.3 is 24.4 Å². The Bertz CT molecular complexity index is 1440. The molecule has 11 nitrogen and oxygen atoms in total. The van der Waals surface area contributed by atoms with Gasteiger partial charge in [-0.15, -0.1) is 0 Å². The summed E-state index contributed by atoms with van der Waals surface area (Å²) in [6.07, 6.45) is -10.8. The van der Waals surface area contributed by atoms with Gasteiger partial charge in [-0.3, -0.25) is 14.9 Å². The number of alkyl halides is 6. The molecule has 4 N–H and O–H groups in total. The van der Waals surface area contributed by atoms with Crippen molar-refractivity contribution in [2.45, 2.75) is 88.4 Å². The minimum atomic E-state index is -4.98. The maximum atomic E-state index is 13.4. The molecule has 0 heterocycles. The fourth-order valence-corrected chi connectivity index (χ4v) is 5.40. The highest BCUT2D eigenvalue weighted by Gasteiger charge is 2.49. The van der Waals surface area contributed by atoms with Crippen LogP contribution in [0.2, 0.25) is 0 Å². The number of hydrogen-bond donors (Lipinski definition) is 3. The predicted octanol–water partition coefficient (Wildman–Crippen LogP) is 5.94. The summed E-state index contributed by atoms with van der Waals surface area (Å²) >= 11 is 0. The molecule has 1 atom stereocenters. The molecule has 1 saturated carbocycles. The highest BCUT2D eigenvalue weighted by atomic mass is 19.4. The lowest BCUT2D eigenvalue weighted by molar-refractivity contribution is -0.153. The molecule has 0 saturated heterocycles. The first-order valence-electron chi connectivity index (χ1n) is 15.7. The fraction of sp³-hybridized carbons (Fsp3) is 0.529. The second kappa shape index (κ2) is 17.7. The summed E-state index contributed by atoms with van der Waals surface area (Å²) in [5.41, 5.74) is 0.534. The largest absolute Gasteiger partial charge is 0.467 e. The van der Waals surface area contributed by atoms with E-state index in [1.54, 1.807) is 39.0 Å². The van der Waals surface area contributed by atoms with E-state index in [0.29, 0.717) is 25.0 Å². The van der Waals surface area contributed by atoms with Gasteiger partial charge in [0.2, 0.25) is 5.91 Å². The first-order chi connectivity index (χ1) is 23.6. The van der Waals surface area contributed by atoms with Crippen molar-refractivity contribution in [2.75, 3.05) is 27.0 Å². The van der Waals surface area contributed by atoms with Crippen LogP contribution in [0.15, 0.2) is 48.5 Å². The van der Waals surface area contributed by atoms with Crippen LogP contribution in [-0.2, 0) is 51.1 Å². The number of rotatable bonds is 11. The summed E-state index contributed by atoms with van der Waals surface area (Å²) in [6, 6.07) is 10.4. The molecule has 0 unspecified atom stereocenters. The van der Waals surface area contributed by atoms with E-state index < -0.39 is 64.1 Å². The number of nitrogens with two attached hydrogens (primary N) is 1. The Labute approximate surface area is 291 Å². The molecule has 51 heavy (non-hydrogen) atoms. The average molecular weight is 736 g/mol. The second-order valence-corrected chi connectivity index (χ2v) is 12.9. The molecule has 2 aromatic rings. The van der Waals surface area contributed by atoms with Crippen LogP contribution in [0, 0.1) is 0 Å². The Morgan fingerprint density at radius 2 is 1.47 bits per heavy atom. The zero-order chi connectivity index (χ0) is 38.7. The molecule has 1 aliphatic carbocycles. The molecule has 0 spiro atoms. The third-order valence-corrected chi connectivity index (χ3v) is 8.04. The maximum Gasteiger partial charge on any atom is 0.416 e. The number of nitrogens with one attached hydrogen (secondary N) is 2. The number of benzene rings is 2. The quantitative estimate of drug-likeness (QED) is 0.0635. The summed E-state index contributed by atoms with van der Waals surface area (Å²) in [6.45, 7) is 6.30. The van der Waals surface area contributed by atoms with E-state index in [-0.39, 0.29) is 50.8 Å². The Kier molecular flexibility index (Phi) is 14.9. The van der Waals surface area contributed by atoms with Crippen molar-refractivity contribution < 1.29 is 64.5 Å². The normalized spacial score (nSPS) is 19.8. The van der Waals surface area contributed by atoms with Crippen molar-refractivity contribution >= 4 is 24.4 Å². The minimum absolute atomic E-state index is 0.0577. The van der Waals surface area contributed by atoms with Crippen molar-refractivity contribution in [1.82, 2.24) is 10.6 Å². The van der Waals surface area contributed by atoms with Crippen molar-refractivity contribution in [2.24, 2.45) is 5.73 Å². The molecule has 2 aromatic carbocycles. The molecule has 1 fully saturated rings. The van der Waals surface area contributed by atoms with Crippen LogP contribution in [0.25, 0.3) is 0 Å². The van der Waals surface area contributed by atoms with E-state index in [9.17, 15) is 45.5 Å². The van der Waals surface area contributed by atoms with Crippen LogP contribution < -0.4 is 16.4 Å². The molecule has 0 aliphatic heterocycles. The summed E-state index contributed by atoms with van der Waals surface area (Å²) in [4.78, 5) is 45.2. The lowest BCUT2D eigenvalue weighted by Crippen LogP contribution is -2.60. The number of carbonyl (C=O) groups is 4. The number of methoxy groups -OCH3 is 1. The van der Waals surface area contributed by atoms with E-state index >= 15 is 0 Å². The summed E-state index contributed by atoms with van der Waals surface area (Å²) in [5, 5.41) is 4.89. The van der Waals surface area contributed by atoms with Crippen LogP contribution >= 0.6 is 0 Å². The monoisotopic (exact) mass is 735 g/mol. The van der Waals surface area contributed by atoms with Gasteiger partial charge in [0.1, 0.15) is 11.1 Å². The topological polar surface area (TPSA) is 155 Å². The predicted molar refractivity (Wildman–Crippen MR) is 171 cm³/mol. The lowest BCUT2D eigenvalue weighted by Gasteiger charge is -2.45. The molecular formula is C34H43F6N3O8. The number of hydrogen-bond acceptors (Lipinski definition) is 9. The first-order valence-corrected chi connectivity index (χ1v) is 15.7. The Hall–Kier alpha value is -4.38. The minimum Gasteiger partial charge on any atom is -0.467 e. The van der Waals surface area contributed by atoms with Crippen molar-refractivity contribution in [3.8, 4) is 0 Å². The van der Waals surface area contributed by atoms with Crippen molar-refractivity contribution in [1.29, 1.82) is 0 Å². The summed E-state index contributed by atoms with van der Waals surface area (Å²) in [7, 11) is 1.20. The van der Waals surface area contributed by atoms with Gasteiger partial charge in [0.25, 0.3) is 6.47 Å². The first kappa shape index (κ1) is 42.8. The maximum absolute atomic E-state index is 13.4. The fourth-order valence-electron chi connectivity index (χ4n) is 5.40. The molecule has 1 aliphatic rings. The number of halogens is 6. The van der Waals surface area contributed by atoms with E-state index in [1.165, 1.54) is 14.0 Å². The van der Waals surface area contributed by atoms with Gasteiger partial charge in [-0.2, -0.15) is 26.3 Å². The number of carbonyl (C=O) groups excluding carboxylic acids is 4. The zero-order valence-corrected chi connectivity index (χ0v) is 28.8. The zero-order valence-electron chi connectivity index (χ0n) is 28.8. The molecule has 17 heteroatoms. The van der Waals surface area contributed by atoms with Gasteiger partial charge in [0.05, 0.1) is 37.5 Å². The molecule has 0 aromatic heterocycles. The molecule has 2 amide bonds. The van der Waals surface area contributed by atoms with Crippen LogP contribution in [0.4, 0.5) is 31.1 Å². The molecule has 3 rings (SSSR count). The van der Waals surface area contributed by atoms with Crippen LogP contribution in [0.3, 0.4) is 0 Å². The van der Waals surface area contributed by atoms with Gasteiger partial charge in [-0.25, -0.2) is 9.59 Å². The SMILES string of the molecule is CC(C)(C)OC(=O)NCOC=O.COC(=O)C1(NC(=O)CN)CCC(CO[C@H](C)c2cc(C(F)(F)F)cc(C(F)(F)F)c2)(c2ccccc2)CC1. The van der Waals surface area contributed by atoms with Crippen molar-refractivity contribution in [3.63, 3.8) is 0 Å². The number of amides is 2. The second-order valence-electron chi connectivity index (χ2n) is 12.9. The Morgan fingerprint density at radius 3 is 1.92 bits per heavy atom. The number of esters is 1. The van der Waals surface area contributed by atoms with Crippen LogP contribution in [0.1, 0.15) is 81.7 Å². The standard InChI is InChI=1S/C27H30F6N2O4.C7H13NO4/c1-17(18-12-20(26(28,29)30)14-21(13-18)27(31,32)33)39-16-24(19-6-4-3-5-7-19)8-10-25(11-9-24,23(37)38-2)35-22(36)15-34;1-7(2,3)12-6(10)8-4-11-5-9/h3-7,12-14,17H,8-11,15-16,34H2,1-2H3,(H,35,36);5H,4H2,1-3H3,(H,8,10)/t17-,24?,25?;/m1./s1. The van der Waals surface area contributed by atoms with Crippen molar-refractivity contribution in [3.05, 3.63) is 70.8 Å². The number of ether oxygens (including phenoxy) is 4. The van der Waals surface area contributed by atoms with Gasteiger partial charge < -0.3 is 30.0 Å². The summed E-state index contributed by atoms with van der Waals surface area (Å²) in [5.74, 6) is -1.17. The Balaban J connectivity index is 0.000000641. The van der Waals surface area contributed by atoms with Crippen LogP contribution in [-0.4, -0.2) is 62.6 Å². The van der Waals surface area contributed by atoms with Gasteiger partial charge in [0, 0.05) is 5.41 Å². The van der Waals surface area contributed by atoms with Crippen LogP contribution in [0.5, 0.6) is 0 Å². The lowest BCUT2D eigenvalue weighted by atomic mass is 9.64. The average Bonchev–Trinajstić information content (AvgIpc) is 3.06. The number of alkyl carbamates (subject to hydrolysis) is 1. The molecule has 284 valence electrons. The van der Waals surface area contributed by atoms with E-state index in [4.69, 9.17) is 19.9 Å². The third kappa shape index (κ3) is 12.7. The Morgan fingerprint density at radius 1 is 0.922 bits per heavy atom. The smallest absolute Gasteiger partial charge is 0.416 e. The summed E-state index contributed by atoms with van der Waals surface area (Å²) < 4.78 is 100. The molecule has 0 bridgehead atoms. The van der Waals surface area contributed by atoms with Gasteiger partial charge in [-0.1, -0.05) is 30.3 Å². The van der Waals surface area contributed by atoms with Gasteiger partial charge in [-0.05, 0) is 82.7 Å². The molecule has 0 radical (unpaired) electrons. The van der Waals surface area contributed by atoms with E-state index in [1.807, 2.05) is 12.1 Å². The van der Waals surface area contributed by atoms with E-state index in [0.717, 1.165) is 5.56 Å².